The fraction of sp³-hybridized carbons (Fsp3) is 0.111. The van der Waals surface area contributed by atoms with Crippen molar-refractivity contribution < 1.29 is 23.1 Å². The minimum absolute atomic E-state index is 0.0892. The quantitative estimate of drug-likeness (QED) is 0.514. The molecule has 1 heterocycles. The number of carbonyl (C=O) groups is 1. The van der Waals surface area contributed by atoms with Gasteiger partial charge in [0.2, 0.25) is 0 Å². The van der Waals surface area contributed by atoms with Gasteiger partial charge < -0.3 is 9.84 Å². The van der Waals surface area contributed by atoms with Crippen molar-refractivity contribution in [3.8, 4) is 11.4 Å². The van der Waals surface area contributed by atoms with E-state index in [1.165, 1.54) is 36.3 Å². The zero-order valence-electron chi connectivity index (χ0n) is 14.6. The molecule has 0 spiro atoms. The smallest absolute Gasteiger partial charge is 0.341 e. The highest BCUT2D eigenvalue weighted by molar-refractivity contribution is 7.92. The predicted octanol–water partition coefficient (Wildman–Crippen LogP) is 2.47. The molecule has 1 aromatic heterocycles. The molecule has 0 aliphatic rings. The Morgan fingerprint density at radius 2 is 1.89 bits per heavy atom. The number of nitrogens with zero attached hydrogens (tertiary/aromatic N) is 2. The lowest BCUT2D eigenvalue weighted by atomic mass is 10.1. The van der Waals surface area contributed by atoms with Gasteiger partial charge in [-0.3, -0.25) is 4.72 Å². The van der Waals surface area contributed by atoms with Gasteiger partial charge in [-0.2, -0.15) is 5.10 Å². The van der Waals surface area contributed by atoms with E-state index in [9.17, 15) is 18.3 Å². The summed E-state index contributed by atoms with van der Waals surface area (Å²) >= 11 is 0. The Kier molecular flexibility index (Phi) is 4.87. The number of hydrogen-bond acceptors (Lipinski definition) is 6. The molecule has 0 fully saturated rings. The number of esters is 1. The minimum atomic E-state index is -4.04. The second kappa shape index (κ2) is 7.12. The minimum Gasteiger partial charge on any atom is -0.505 e. The van der Waals surface area contributed by atoms with Crippen LogP contribution in [0.15, 0.2) is 59.8 Å². The number of aromatic nitrogens is 2. The molecule has 0 amide bonds. The number of phenols is 1. The summed E-state index contributed by atoms with van der Waals surface area (Å²) in [5.74, 6) is -1.27. The number of benzene rings is 2. The fourth-order valence-corrected chi connectivity index (χ4v) is 3.52. The van der Waals surface area contributed by atoms with Gasteiger partial charge in [-0.05, 0) is 30.7 Å². The van der Waals surface area contributed by atoms with Crippen LogP contribution in [0.5, 0.6) is 5.75 Å². The van der Waals surface area contributed by atoms with E-state index in [2.05, 4.69) is 14.6 Å². The van der Waals surface area contributed by atoms with Gasteiger partial charge in [0.25, 0.3) is 10.0 Å². The topological polar surface area (TPSA) is 111 Å². The maximum absolute atomic E-state index is 12.7. The summed E-state index contributed by atoms with van der Waals surface area (Å²) in [5, 5.41) is 14.4. The first-order valence-electron chi connectivity index (χ1n) is 7.87. The summed E-state index contributed by atoms with van der Waals surface area (Å²) in [6, 6.07) is 11.9. The Balaban J connectivity index is 1.96. The van der Waals surface area contributed by atoms with Crippen molar-refractivity contribution in [3.63, 3.8) is 0 Å². The van der Waals surface area contributed by atoms with Crippen LogP contribution in [0.4, 0.5) is 5.69 Å². The van der Waals surface area contributed by atoms with Crippen molar-refractivity contribution in [2.24, 2.45) is 0 Å². The van der Waals surface area contributed by atoms with E-state index < -0.39 is 21.7 Å². The van der Waals surface area contributed by atoms with Gasteiger partial charge in [-0.25, -0.2) is 17.9 Å². The number of anilines is 1. The summed E-state index contributed by atoms with van der Waals surface area (Å²) in [6.07, 6.45) is 2.56. The van der Waals surface area contributed by atoms with Crippen LogP contribution in [0.1, 0.15) is 15.9 Å². The summed E-state index contributed by atoms with van der Waals surface area (Å²) in [4.78, 5) is 11.6. The number of phenolic OH excluding ortho intramolecular Hbond substituents is 1. The Hall–Kier alpha value is -3.33. The summed E-state index contributed by atoms with van der Waals surface area (Å²) < 4.78 is 33.7. The van der Waals surface area contributed by atoms with Gasteiger partial charge in [-0.15, -0.1) is 0 Å². The largest absolute Gasteiger partial charge is 0.505 e. The molecule has 0 saturated heterocycles. The van der Waals surface area contributed by atoms with Crippen LogP contribution in [0.2, 0.25) is 0 Å². The lowest BCUT2D eigenvalue weighted by Gasteiger charge is -2.13. The second-order valence-electron chi connectivity index (χ2n) is 5.71. The molecule has 140 valence electrons. The third-order valence-electron chi connectivity index (χ3n) is 3.92. The molecule has 0 saturated carbocycles. The summed E-state index contributed by atoms with van der Waals surface area (Å²) in [6.45, 7) is 1.60. The summed E-state index contributed by atoms with van der Waals surface area (Å²) in [5.41, 5.74) is 0.913. The molecular weight excluding hydrogens is 370 g/mol. The molecule has 8 nitrogen and oxygen atoms in total. The van der Waals surface area contributed by atoms with E-state index in [4.69, 9.17) is 0 Å². The zero-order chi connectivity index (χ0) is 19.6. The molecule has 0 aliphatic heterocycles. The van der Waals surface area contributed by atoms with Crippen molar-refractivity contribution in [2.75, 3.05) is 11.8 Å². The second-order valence-corrected chi connectivity index (χ2v) is 7.39. The number of methoxy groups -OCH3 is 1. The van der Waals surface area contributed by atoms with Crippen molar-refractivity contribution in [1.29, 1.82) is 0 Å². The molecular formula is C18H17N3O5S. The SMILES string of the molecule is COC(=O)c1ccc(C)c(NS(=O)(=O)c2cnn(-c3ccccc3)c2)c1O. The maximum Gasteiger partial charge on any atom is 0.341 e. The Labute approximate surface area is 156 Å². The molecule has 0 unspecified atom stereocenters. The number of ether oxygens (including phenoxy) is 1. The van der Waals surface area contributed by atoms with Crippen LogP contribution in [0, 0.1) is 6.92 Å². The van der Waals surface area contributed by atoms with Gasteiger partial charge in [0.1, 0.15) is 10.5 Å². The van der Waals surface area contributed by atoms with Gasteiger partial charge in [0, 0.05) is 0 Å². The van der Waals surface area contributed by atoms with Crippen LogP contribution >= 0.6 is 0 Å². The highest BCUT2D eigenvalue weighted by Gasteiger charge is 2.23. The van der Waals surface area contributed by atoms with E-state index in [-0.39, 0.29) is 16.1 Å². The number of aryl methyl sites for hydroxylation is 1. The molecule has 0 radical (unpaired) electrons. The Bertz CT molecular complexity index is 1090. The zero-order valence-corrected chi connectivity index (χ0v) is 15.4. The number of carbonyl (C=O) groups excluding carboxylic acids is 1. The molecule has 27 heavy (non-hydrogen) atoms. The maximum atomic E-state index is 12.7. The van der Waals surface area contributed by atoms with E-state index in [0.29, 0.717) is 11.3 Å². The monoisotopic (exact) mass is 387 g/mol. The lowest BCUT2D eigenvalue weighted by molar-refractivity contribution is 0.0597. The molecule has 0 aliphatic carbocycles. The van der Waals surface area contributed by atoms with Crippen molar-refractivity contribution in [3.05, 3.63) is 66.0 Å². The van der Waals surface area contributed by atoms with Gasteiger partial charge >= 0.3 is 5.97 Å². The molecule has 0 atom stereocenters. The van der Waals surface area contributed by atoms with Gasteiger partial charge in [0.05, 0.1) is 30.9 Å². The van der Waals surface area contributed by atoms with E-state index >= 15 is 0 Å². The van der Waals surface area contributed by atoms with Crippen LogP contribution in [0.3, 0.4) is 0 Å². The number of hydrogen-bond donors (Lipinski definition) is 2. The Morgan fingerprint density at radius 1 is 1.19 bits per heavy atom. The normalized spacial score (nSPS) is 11.2. The first kappa shape index (κ1) is 18.5. The summed E-state index contributed by atoms with van der Waals surface area (Å²) in [7, 11) is -2.87. The van der Waals surface area contributed by atoms with Crippen molar-refractivity contribution in [2.45, 2.75) is 11.8 Å². The van der Waals surface area contributed by atoms with Crippen LogP contribution in [-0.2, 0) is 14.8 Å². The first-order chi connectivity index (χ1) is 12.8. The third kappa shape index (κ3) is 3.63. The van der Waals surface area contributed by atoms with Crippen molar-refractivity contribution in [1.82, 2.24) is 9.78 Å². The molecule has 2 N–H and O–H groups in total. The van der Waals surface area contributed by atoms with Crippen LogP contribution in [-0.4, -0.2) is 36.4 Å². The van der Waals surface area contributed by atoms with E-state index in [0.717, 1.165) is 0 Å². The fourth-order valence-electron chi connectivity index (χ4n) is 2.46. The number of sulfonamides is 1. The standard InChI is InChI=1S/C18H17N3O5S/c1-12-8-9-15(18(23)26-2)17(22)16(12)20-27(24,25)14-10-19-21(11-14)13-6-4-3-5-7-13/h3-11,20,22H,1-2H3. The molecule has 3 rings (SSSR count). The van der Waals surface area contributed by atoms with E-state index in [1.807, 2.05) is 18.2 Å². The van der Waals surface area contributed by atoms with Crippen molar-refractivity contribution >= 4 is 21.7 Å². The van der Waals surface area contributed by atoms with Crippen LogP contribution < -0.4 is 4.72 Å². The van der Waals surface area contributed by atoms with Gasteiger partial charge in [0.15, 0.2) is 5.75 Å². The van der Waals surface area contributed by atoms with Gasteiger partial charge in [-0.1, -0.05) is 24.3 Å². The number of para-hydroxylation sites is 1. The Morgan fingerprint density at radius 3 is 2.56 bits per heavy atom. The number of rotatable bonds is 5. The van der Waals surface area contributed by atoms with E-state index in [1.54, 1.807) is 19.1 Å². The third-order valence-corrected chi connectivity index (χ3v) is 5.22. The molecule has 9 heteroatoms. The molecule has 2 aromatic carbocycles. The first-order valence-corrected chi connectivity index (χ1v) is 9.35. The highest BCUT2D eigenvalue weighted by Crippen LogP contribution is 2.33. The lowest BCUT2D eigenvalue weighted by Crippen LogP contribution is -2.14. The van der Waals surface area contributed by atoms with Crippen LogP contribution in [0.25, 0.3) is 5.69 Å². The number of nitrogens with one attached hydrogen (secondary N) is 1. The molecule has 3 aromatic rings. The molecule has 0 bridgehead atoms. The number of aromatic hydroxyl groups is 1. The average Bonchev–Trinajstić information content (AvgIpc) is 3.16. The highest BCUT2D eigenvalue weighted by atomic mass is 32.2. The predicted molar refractivity (Wildman–Crippen MR) is 98.6 cm³/mol. The average molecular weight is 387 g/mol.